The molecule has 0 aliphatic rings. The third-order valence-electron chi connectivity index (χ3n) is 2.60. The smallest absolute Gasteiger partial charge is 0.210 e. The van der Waals surface area contributed by atoms with E-state index in [1.54, 1.807) is 11.8 Å². The van der Waals surface area contributed by atoms with Crippen LogP contribution in [0.2, 0.25) is 0 Å². The number of hydrogen-bond donors (Lipinski definition) is 1. The highest BCUT2D eigenvalue weighted by molar-refractivity contribution is 9.10. The van der Waals surface area contributed by atoms with Crippen molar-refractivity contribution in [2.45, 2.75) is 9.79 Å². The van der Waals surface area contributed by atoms with Crippen LogP contribution >= 0.6 is 27.7 Å². The summed E-state index contributed by atoms with van der Waals surface area (Å²) in [5.41, 5.74) is 0. The van der Waals surface area contributed by atoms with Gasteiger partial charge in [-0.1, -0.05) is 15.9 Å². The van der Waals surface area contributed by atoms with Crippen molar-refractivity contribution in [3.05, 3.63) is 58.8 Å². The monoisotopic (exact) mass is 389 g/mol. The molecule has 2 aromatic carbocycles. The van der Waals surface area contributed by atoms with Crippen LogP contribution in [-0.2, 0) is 10.0 Å². The van der Waals surface area contributed by atoms with Crippen molar-refractivity contribution in [2.75, 3.05) is 12.3 Å². The molecule has 7 heteroatoms. The van der Waals surface area contributed by atoms with Crippen LogP contribution in [0.25, 0.3) is 0 Å². The van der Waals surface area contributed by atoms with Gasteiger partial charge in [0.05, 0.1) is 4.90 Å². The van der Waals surface area contributed by atoms with E-state index < -0.39 is 15.8 Å². The van der Waals surface area contributed by atoms with Crippen molar-refractivity contribution in [3.8, 4) is 0 Å². The number of nitrogens with one attached hydrogen (secondary N) is 1. The molecule has 0 heterocycles. The summed E-state index contributed by atoms with van der Waals surface area (Å²) in [4.78, 5) is 1.14. The Balaban J connectivity index is 1.85. The van der Waals surface area contributed by atoms with Gasteiger partial charge < -0.3 is 0 Å². The van der Waals surface area contributed by atoms with Gasteiger partial charge in [-0.2, -0.15) is 0 Å². The summed E-state index contributed by atoms with van der Waals surface area (Å²) < 4.78 is 40.2. The van der Waals surface area contributed by atoms with Gasteiger partial charge in [-0.3, -0.25) is 0 Å². The number of sulfonamides is 1. The predicted octanol–water partition coefficient (Wildman–Crippen LogP) is 3.66. The van der Waals surface area contributed by atoms with Crippen LogP contribution in [0.15, 0.2) is 62.8 Å². The molecule has 0 spiro atoms. The van der Waals surface area contributed by atoms with Gasteiger partial charge in [0.2, 0.25) is 10.0 Å². The average molecular weight is 390 g/mol. The standard InChI is InChI=1S/C14H13BrFNO2S2/c15-11-1-5-13(6-2-11)20-10-9-17-21(18,19)14-7-3-12(16)4-8-14/h1-8,17H,9-10H2. The summed E-state index contributed by atoms with van der Waals surface area (Å²) in [6.45, 7) is 0.306. The third kappa shape index (κ3) is 5.10. The van der Waals surface area contributed by atoms with Gasteiger partial charge in [-0.25, -0.2) is 17.5 Å². The second-order valence-electron chi connectivity index (χ2n) is 4.15. The van der Waals surface area contributed by atoms with Gasteiger partial charge in [-0.05, 0) is 48.5 Å². The maximum absolute atomic E-state index is 12.8. The number of halogens is 2. The van der Waals surface area contributed by atoms with E-state index in [1.807, 2.05) is 24.3 Å². The molecule has 0 aromatic heterocycles. The SMILES string of the molecule is O=S(=O)(NCCSc1ccc(Br)cc1)c1ccc(F)cc1. The van der Waals surface area contributed by atoms with Crippen LogP contribution in [0.5, 0.6) is 0 Å². The average Bonchev–Trinajstić information content (AvgIpc) is 2.46. The van der Waals surface area contributed by atoms with Crippen LogP contribution in [0.3, 0.4) is 0 Å². The van der Waals surface area contributed by atoms with Gasteiger partial charge in [0.1, 0.15) is 5.82 Å². The maximum atomic E-state index is 12.8. The zero-order valence-corrected chi connectivity index (χ0v) is 14.1. The Bertz CT molecular complexity index is 688. The number of thioether (sulfide) groups is 1. The fraction of sp³-hybridized carbons (Fsp3) is 0.143. The van der Waals surface area contributed by atoms with Crippen molar-refractivity contribution in [2.24, 2.45) is 0 Å². The minimum absolute atomic E-state index is 0.0672. The first-order chi connectivity index (χ1) is 9.97. The zero-order valence-electron chi connectivity index (χ0n) is 10.9. The summed E-state index contributed by atoms with van der Waals surface area (Å²) in [6, 6.07) is 12.6. The number of rotatable bonds is 6. The largest absolute Gasteiger partial charge is 0.240 e. The third-order valence-corrected chi connectivity index (χ3v) is 5.62. The Morgan fingerprint density at radius 2 is 1.67 bits per heavy atom. The van der Waals surface area contributed by atoms with Crippen molar-refractivity contribution >= 4 is 37.7 Å². The summed E-state index contributed by atoms with van der Waals surface area (Å²) in [5.74, 6) is 0.155. The molecule has 0 amide bonds. The molecule has 2 rings (SSSR count). The number of hydrogen-bond acceptors (Lipinski definition) is 3. The van der Waals surface area contributed by atoms with Crippen LogP contribution in [0, 0.1) is 5.82 Å². The highest BCUT2D eigenvalue weighted by atomic mass is 79.9. The zero-order chi connectivity index (χ0) is 15.3. The lowest BCUT2D eigenvalue weighted by atomic mass is 10.4. The molecule has 3 nitrogen and oxygen atoms in total. The summed E-state index contributed by atoms with van der Waals surface area (Å²) in [5, 5.41) is 0. The van der Waals surface area contributed by atoms with Crippen LogP contribution in [0.1, 0.15) is 0 Å². The van der Waals surface area contributed by atoms with Gasteiger partial charge in [0.25, 0.3) is 0 Å². The normalized spacial score (nSPS) is 11.5. The molecule has 0 saturated heterocycles. The Morgan fingerprint density at radius 3 is 2.29 bits per heavy atom. The van der Waals surface area contributed by atoms with E-state index in [0.29, 0.717) is 12.3 Å². The van der Waals surface area contributed by atoms with E-state index >= 15 is 0 Å². The van der Waals surface area contributed by atoms with Crippen LogP contribution in [-0.4, -0.2) is 20.7 Å². The minimum Gasteiger partial charge on any atom is -0.210 e. The van der Waals surface area contributed by atoms with E-state index in [9.17, 15) is 12.8 Å². The van der Waals surface area contributed by atoms with Gasteiger partial charge in [0.15, 0.2) is 0 Å². The molecule has 21 heavy (non-hydrogen) atoms. The lowest BCUT2D eigenvalue weighted by molar-refractivity contribution is 0.583. The first-order valence-electron chi connectivity index (χ1n) is 6.11. The first kappa shape index (κ1) is 16.5. The van der Waals surface area contributed by atoms with Crippen molar-refractivity contribution in [3.63, 3.8) is 0 Å². The maximum Gasteiger partial charge on any atom is 0.240 e. The molecular formula is C14H13BrFNO2S2. The van der Waals surface area contributed by atoms with E-state index in [4.69, 9.17) is 0 Å². The fourth-order valence-electron chi connectivity index (χ4n) is 1.57. The van der Waals surface area contributed by atoms with Gasteiger partial charge >= 0.3 is 0 Å². The molecular weight excluding hydrogens is 377 g/mol. The van der Waals surface area contributed by atoms with Crippen LogP contribution in [0.4, 0.5) is 4.39 Å². The van der Waals surface area contributed by atoms with E-state index in [2.05, 4.69) is 20.7 Å². The molecule has 112 valence electrons. The molecule has 0 saturated carbocycles. The summed E-state index contributed by atoms with van der Waals surface area (Å²) in [6.07, 6.45) is 0. The molecule has 2 aromatic rings. The van der Waals surface area contributed by atoms with Crippen LogP contribution < -0.4 is 4.72 Å². The molecule has 0 aliphatic carbocycles. The van der Waals surface area contributed by atoms with Crippen molar-refractivity contribution in [1.29, 1.82) is 0 Å². The van der Waals surface area contributed by atoms with Crippen molar-refractivity contribution < 1.29 is 12.8 Å². The summed E-state index contributed by atoms with van der Waals surface area (Å²) >= 11 is 4.92. The van der Waals surface area contributed by atoms with Crippen molar-refractivity contribution in [1.82, 2.24) is 4.72 Å². The first-order valence-corrected chi connectivity index (χ1v) is 9.37. The van der Waals surface area contributed by atoms with E-state index in [0.717, 1.165) is 21.5 Å². The highest BCUT2D eigenvalue weighted by Crippen LogP contribution is 2.20. The Morgan fingerprint density at radius 1 is 1.05 bits per heavy atom. The van der Waals surface area contributed by atoms with E-state index in [1.165, 1.54) is 12.1 Å². The molecule has 0 fully saturated rings. The lowest BCUT2D eigenvalue weighted by Gasteiger charge is -2.06. The quantitative estimate of drug-likeness (QED) is 0.605. The predicted molar refractivity (Wildman–Crippen MR) is 86.5 cm³/mol. The molecule has 0 aliphatic heterocycles. The fourth-order valence-corrected chi connectivity index (χ4v) is 3.77. The lowest BCUT2D eigenvalue weighted by Crippen LogP contribution is -2.26. The topological polar surface area (TPSA) is 46.2 Å². The molecule has 0 bridgehead atoms. The molecule has 1 N–H and O–H groups in total. The Labute approximate surface area is 136 Å². The van der Waals surface area contributed by atoms with E-state index in [-0.39, 0.29) is 4.90 Å². The highest BCUT2D eigenvalue weighted by Gasteiger charge is 2.12. The van der Waals surface area contributed by atoms with Gasteiger partial charge in [-0.15, -0.1) is 11.8 Å². The number of benzene rings is 2. The summed E-state index contributed by atoms with van der Waals surface area (Å²) in [7, 11) is -3.58. The second-order valence-corrected chi connectivity index (χ2v) is 8.01. The van der Waals surface area contributed by atoms with Gasteiger partial charge in [0, 0.05) is 21.7 Å². The Kier molecular flexibility index (Phi) is 5.80. The Hall–Kier alpha value is -0.890. The molecule has 0 atom stereocenters. The molecule has 0 radical (unpaired) electrons. The second kappa shape index (κ2) is 7.40. The minimum atomic E-state index is -3.58. The molecule has 0 unspecified atom stereocenters.